The van der Waals surface area contributed by atoms with Gasteiger partial charge in [-0.3, -0.25) is 4.90 Å². The van der Waals surface area contributed by atoms with E-state index < -0.39 is 11.2 Å². The number of amides is 1. The SMILES string of the molecule is CC(C)(C)OC(=O)N1CCN(CCOc2ccc(-c3nc4c(OC5(C#N)CC5)ncnc4n3Cc3ccccc3)c(Cl)c2)CC1.[H-].[Na+]. The van der Waals surface area contributed by atoms with E-state index >= 15 is 0 Å². The van der Waals surface area contributed by atoms with Crippen molar-refractivity contribution in [2.45, 2.75) is 51.4 Å². The van der Waals surface area contributed by atoms with E-state index in [4.69, 9.17) is 30.8 Å². The van der Waals surface area contributed by atoms with E-state index in [2.05, 4.69) is 20.9 Å². The van der Waals surface area contributed by atoms with Gasteiger partial charge in [-0.05, 0) is 44.5 Å². The molecule has 1 saturated heterocycles. The Morgan fingerprint density at radius 1 is 1.09 bits per heavy atom. The molecule has 3 heterocycles. The summed E-state index contributed by atoms with van der Waals surface area (Å²) in [6, 6.07) is 17.8. The molecule has 236 valence electrons. The van der Waals surface area contributed by atoms with Crippen molar-refractivity contribution < 1.29 is 50.0 Å². The smallest absolute Gasteiger partial charge is 1.00 e. The van der Waals surface area contributed by atoms with Gasteiger partial charge < -0.3 is 25.1 Å². The molecule has 1 saturated carbocycles. The van der Waals surface area contributed by atoms with Gasteiger partial charge in [-0.1, -0.05) is 41.9 Å². The molecule has 1 aliphatic heterocycles. The van der Waals surface area contributed by atoms with Crippen LogP contribution in [0.4, 0.5) is 4.79 Å². The summed E-state index contributed by atoms with van der Waals surface area (Å²) in [7, 11) is 0. The zero-order valence-corrected chi connectivity index (χ0v) is 29.5. The molecule has 0 spiro atoms. The van der Waals surface area contributed by atoms with E-state index in [1.54, 1.807) is 11.0 Å². The Bertz CT molecular complexity index is 1730. The summed E-state index contributed by atoms with van der Waals surface area (Å²) in [5.41, 5.74) is 1.49. The van der Waals surface area contributed by atoms with E-state index in [9.17, 15) is 10.1 Å². The third-order valence-electron chi connectivity index (χ3n) is 7.76. The molecule has 0 N–H and O–H groups in total. The molecular weight excluding hydrogens is 617 g/mol. The van der Waals surface area contributed by atoms with Crippen molar-refractivity contribution in [2.24, 2.45) is 0 Å². The second-order valence-electron chi connectivity index (χ2n) is 12.4. The van der Waals surface area contributed by atoms with Gasteiger partial charge in [0.25, 0.3) is 0 Å². The minimum atomic E-state index is -0.854. The molecule has 2 fully saturated rings. The molecule has 0 bridgehead atoms. The Morgan fingerprint density at radius 3 is 2.48 bits per heavy atom. The predicted molar refractivity (Wildman–Crippen MR) is 170 cm³/mol. The number of imidazole rings is 1. The van der Waals surface area contributed by atoms with Crippen LogP contribution in [0.2, 0.25) is 5.02 Å². The number of carbonyl (C=O) groups excluding carboxylic acids is 1. The molecule has 4 aromatic rings. The van der Waals surface area contributed by atoms with Crippen LogP contribution in [-0.4, -0.2) is 85.9 Å². The van der Waals surface area contributed by atoms with Crippen molar-refractivity contribution in [3.05, 3.63) is 65.4 Å². The number of nitriles is 1. The first-order valence-electron chi connectivity index (χ1n) is 15.1. The molecule has 0 unspecified atom stereocenters. The van der Waals surface area contributed by atoms with Crippen LogP contribution in [0.1, 0.15) is 40.6 Å². The fourth-order valence-electron chi connectivity index (χ4n) is 5.19. The number of nitrogens with zero attached hydrogens (tertiary/aromatic N) is 7. The third-order valence-corrected chi connectivity index (χ3v) is 8.08. The average Bonchev–Trinajstić information content (AvgIpc) is 3.70. The Kier molecular flexibility index (Phi) is 10.4. The number of halogens is 1. The number of hydrogen-bond acceptors (Lipinski definition) is 9. The van der Waals surface area contributed by atoms with Gasteiger partial charge in [0.1, 0.15) is 36.2 Å². The van der Waals surface area contributed by atoms with E-state index in [-0.39, 0.29) is 43.0 Å². The van der Waals surface area contributed by atoms with E-state index in [0.29, 0.717) is 72.4 Å². The van der Waals surface area contributed by atoms with Crippen molar-refractivity contribution >= 4 is 28.9 Å². The maximum absolute atomic E-state index is 12.3. The minimum absolute atomic E-state index is 0. The third kappa shape index (κ3) is 7.93. The van der Waals surface area contributed by atoms with Gasteiger partial charge in [0, 0.05) is 51.1 Å². The predicted octanol–water partition coefficient (Wildman–Crippen LogP) is 2.68. The van der Waals surface area contributed by atoms with E-state index in [0.717, 1.165) is 25.2 Å². The fourth-order valence-corrected chi connectivity index (χ4v) is 5.44. The number of carbonyl (C=O) groups is 1. The number of aromatic nitrogens is 4. The first kappa shape index (κ1) is 33.9. The summed E-state index contributed by atoms with van der Waals surface area (Å²) >= 11 is 6.86. The summed E-state index contributed by atoms with van der Waals surface area (Å²) in [5.74, 6) is 1.55. The number of fused-ring (bicyclic) bond motifs is 1. The van der Waals surface area contributed by atoms with Crippen LogP contribution in [0, 0.1) is 11.3 Å². The van der Waals surface area contributed by atoms with Gasteiger partial charge >= 0.3 is 35.7 Å². The van der Waals surface area contributed by atoms with Crippen LogP contribution < -0.4 is 39.0 Å². The second-order valence-corrected chi connectivity index (χ2v) is 12.8. The van der Waals surface area contributed by atoms with Crippen LogP contribution in [-0.2, 0) is 11.3 Å². The van der Waals surface area contributed by atoms with Gasteiger partial charge in [-0.25, -0.2) is 14.8 Å². The molecule has 2 aliphatic rings. The van der Waals surface area contributed by atoms with Gasteiger partial charge in [-0.2, -0.15) is 10.2 Å². The quantitative estimate of drug-likeness (QED) is 0.251. The maximum atomic E-state index is 12.3. The Morgan fingerprint density at radius 2 is 1.83 bits per heavy atom. The van der Waals surface area contributed by atoms with E-state index in [1.165, 1.54) is 6.33 Å². The Balaban J connectivity index is 0.00000250. The molecule has 46 heavy (non-hydrogen) atoms. The molecule has 1 aliphatic carbocycles. The maximum Gasteiger partial charge on any atom is 1.00 e. The monoisotopic (exact) mass is 653 g/mol. The molecular formula is C33H37ClN7NaO4. The van der Waals surface area contributed by atoms with Crippen LogP contribution in [0.3, 0.4) is 0 Å². The molecule has 1 amide bonds. The van der Waals surface area contributed by atoms with Crippen molar-refractivity contribution in [3.8, 4) is 29.1 Å². The largest absolute Gasteiger partial charge is 1.00 e. The van der Waals surface area contributed by atoms with Crippen LogP contribution in [0.25, 0.3) is 22.6 Å². The molecule has 0 atom stereocenters. The summed E-state index contributed by atoms with van der Waals surface area (Å²) in [6.45, 7) is 10.1. The molecule has 2 aromatic carbocycles. The fraction of sp³-hybridized carbons (Fsp3) is 0.424. The zero-order valence-electron chi connectivity index (χ0n) is 27.7. The number of rotatable bonds is 9. The molecule has 6 rings (SSSR count). The zero-order chi connectivity index (χ0) is 31.6. The van der Waals surface area contributed by atoms with Crippen LogP contribution in [0.5, 0.6) is 11.6 Å². The van der Waals surface area contributed by atoms with Gasteiger partial charge in [0.15, 0.2) is 16.8 Å². The first-order chi connectivity index (χ1) is 21.6. The van der Waals surface area contributed by atoms with Crippen molar-refractivity contribution in [1.82, 2.24) is 29.3 Å². The number of hydrogen-bond donors (Lipinski definition) is 0. The molecule has 11 nitrogen and oxygen atoms in total. The van der Waals surface area contributed by atoms with Gasteiger partial charge in [0.05, 0.1) is 11.6 Å². The average molecular weight is 654 g/mol. The van der Waals surface area contributed by atoms with Crippen molar-refractivity contribution in [1.29, 1.82) is 5.26 Å². The number of piperazine rings is 1. The number of benzene rings is 2. The van der Waals surface area contributed by atoms with Crippen LogP contribution in [0.15, 0.2) is 54.9 Å². The Hall–Kier alpha value is -3.40. The normalized spacial score (nSPS) is 15.9. The van der Waals surface area contributed by atoms with E-state index in [1.807, 2.05) is 67.8 Å². The first-order valence-corrected chi connectivity index (χ1v) is 15.5. The summed E-state index contributed by atoms with van der Waals surface area (Å²) < 4.78 is 19.6. The molecule has 0 radical (unpaired) electrons. The standard InChI is InChI=1S/C33H36ClN7O4.Na.H/c1-32(2,3)45-31(42)40-15-13-39(14-16-40)17-18-43-24-9-10-25(26(34)19-24)28-38-27-29(41(28)20-23-7-5-4-6-8-23)36-22-37-30(27)44-33(21-35)11-12-33;;/h4-10,19,22H,11-18,20H2,1-3H3;;/q;+1;-1. The van der Waals surface area contributed by atoms with Crippen molar-refractivity contribution in [2.75, 3.05) is 39.3 Å². The second kappa shape index (κ2) is 14.2. The van der Waals surface area contributed by atoms with Crippen molar-refractivity contribution in [3.63, 3.8) is 0 Å². The molecule has 13 heteroatoms. The summed E-state index contributed by atoms with van der Waals surface area (Å²) in [4.78, 5) is 30.2. The number of ether oxygens (including phenoxy) is 3. The molecule has 2 aromatic heterocycles. The minimum Gasteiger partial charge on any atom is -1.00 e. The summed E-state index contributed by atoms with van der Waals surface area (Å²) in [6.07, 6.45) is 2.48. The van der Waals surface area contributed by atoms with Gasteiger partial charge in [-0.15, -0.1) is 0 Å². The van der Waals surface area contributed by atoms with Crippen LogP contribution >= 0.6 is 11.6 Å². The van der Waals surface area contributed by atoms with Gasteiger partial charge in [0.2, 0.25) is 5.88 Å². The summed E-state index contributed by atoms with van der Waals surface area (Å²) in [5, 5.41) is 10.1. The Labute approximate surface area is 297 Å². The topological polar surface area (TPSA) is 119 Å².